The Morgan fingerprint density at radius 1 is 1.40 bits per heavy atom. The molecule has 1 fully saturated rings. The minimum atomic E-state index is 0. The van der Waals surface area contributed by atoms with Crippen molar-refractivity contribution in [2.45, 2.75) is 65.3 Å². The number of allylic oxidation sites excluding steroid dienone is 1. The van der Waals surface area contributed by atoms with Gasteiger partial charge in [-0.1, -0.05) is 25.5 Å². The van der Waals surface area contributed by atoms with Crippen molar-refractivity contribution < 1.29 is 4.79 Å². The summed E-state index contributed by atoms with van der Waals surface area (Å²) in [4.78, 5) is 18.8. The van der Waals surface area contributed by atoms with Gasteiger partial charge in [-0.3, -0.25) is 9.79 Å². The largest absolute Gasteiger partial charge is 0.357 e. The van der Waals surface area contributed by atoms with Crippen LogP contribution in [0.25, 0.3) is 0 Å². The molecular formula is C19H35IN4O. The monoisotopic (exact) mass is 462 g/mol. The average Bonchev–Trinajstić information content (AvgIpc) is 3.03. The van der Waals surface area contributed by atoms with E-state index in [9.17, 15) is 4.79 Å². The number of likely N-dealkylation sites (tertiary alicyclic amines) is 1. The van der Waals surface area contributed by atoms with Crippen molar-refractivity contribution in [3.8, 4) is 0 Å². The third kappa shape index (κ3) is 7.54. The second-order valence-corrected chi connectivity index (χ2v) is 7.19. The van der Waals surface area contributed by atoms with E-state index in [1.165, 1.54) is 25.7 Å². The summed E-state index contributed by atoms with van der Waals surface area (Å²) in [5, 5.41) is 6.83. The number of hydrogen-bond acceptors (Lipinski definition) is 2. The van der Waals surface area contributed by atoms with Crippen LogP contribution in [0.3, 0.4) is 0 Å². The van der Waals surface area contributed by atoms with Crippen molar-refractivity contribution in [3.63, 3.8) is 0 Å². The van der Waals surface area contributed by atoms with Crippen LogP contribution in [0, 0.1) is 5.92 Å². The van der Waals surface area contributed by atoms with Gasteiger partial charge in [-0.15, -0.1) is 24.0 Å². The first-order chi connectivity index (χ1) is 11.6. The highest BCUT2D eigenvalue weighted by Gasteiger charge is 2.27. The minimum absolute atomic E-state index is 0. The smallest absolute Gasteiger partial charge is 0.225 e. The summed E-state index contributed by atoms with van der Waals surface area (Å²) in [6, 6.07) is 0.305. The zero-order valence-electron chi connectivity index (χ0n) is 16.0. The Labute approximate surface area is 170 Å². The van der Waals surface area contributed by atoms with Crippen molar-refractivity contribution in [3.05, 3.63) is 11.6 Å². The van der Waals surface area contributed by atoms with Gasteiger partial charge in [0, 0.05) is 38.1 Å². The maximum atomic E-state index is 12.1. The third-order valence-corrected chi connectivity index (χ3v) is 4.77. The van der Waals surface area contributed by atoms with Crippen molar-refractivity contribution in [2.24, 2.45) is 10.9 Å². The van der Waals surface area contributed by atoms with Crippen LogP contribution >= 0.6 is 24.0 Å². The first kappa shape index (κ1) is 22.3. The maximum absolute atomic E-state index is 12.1. The predicted octanol–water partition coefficient (Wildman–Crippen LogP) is 3.31. The van der Waals surface area contributed by atoms with Crippen LogP contribution in [0.5, 0.6) is 0 Å². The molecule has 2 rings (SSSR count). The van der Waals surface area contributed by atoms with Crippen LogP contribution in [0.15, 0.2) is 16.6 Å². The number of amides is 1. The highest BCUT2D eigenvalue weighted by molar-refractivity contribution is 14.0. The van der Waals surface area contributed by atoms with Crippen molar-refractivity contribution in [1.82, 2.24) is 15.5 Å². The van der Waals surface area contributed by atoms with Crippen LogP contribution in [-0.2, 0) is 4.79 Å². The molecule has 1 atom stereocenters. The number of carbonyl (C=O) groups excluding carboxylic acids is 1. The van der Waals surface area contributed by atoms with Gasteiger partial charge < -0.3 is 15.5 Å². The minimum Gasteiger partial charge on any atom is -0.357 e. The van der Waals surface area contributed by atoms with Gasteiger partial charge in [-0.05, 0) is 45.4 Å². The first-order valence-electron chi connectivity index (χ1n) is 9.61. The number of halogens is 1. The summed E-state index contributed by atoms with van der Waals surface area (Å²) in [7, 11) is 0. The molecule has 0 saturated carbocycles. The Hall–Kier alpha value is -0.790. The number of hydrogen-bond donors (Lipinski definition) is 2. The maximum Gasteiger partial charge on any atom is 0.225 e. The fraction of sp³-hybridized carbons (Fsp3) is 0.789. The summed E-state index contributed by atoms with van der Waals surface area (Å²) in [5.41, 5.74) is 1.57. The molecule has 0 aromatic rings. The van der Waals surface area contributed by atoms with E-state index in [1.807, 2.05) is 18.7 Å². The Morgan fingerprint density at radius 2 is 2.20 bits per heavy atom. The van der Waals surface area contributed by atoms with E-state index in [0.717, 1.165) is 45.0 Å². The third-order valence-electron chi connectivity index (χ3n) is 4.77. The number of nitrogens with one attached hydrogen (secondary N) is 2. The normalized spacial score (nSPS) is 21.0. The van der Waals surface area contributed by atoms with E-state index < -0.39 is 0 Å². The molecule has 0 radical (unpaired) electrons. The lowest BCUT2D eigenvalue weighted by Gasteiger charge is -2.20. The summed E-state index contributed by atoms with van der Waals surface area (Å²) < 4.78 is 0. The zero-order chi connectivity index (χ0) is 17.4. The van der Waals surface area contributed by atoms with Gasteiger partial charge in [0.25, 0.3) is 0 Å². The van der Waals surface area contributed by atoms with Gasteiger partial charge in [-0.2, -0.15) is 0 Å². The van der Waals surface area contributed by atoms with Gasteiger partial charge in [0.2, 0.25) is 5.91 Å². The fourth-order valence-corrected chi connectivity index (χ4v) is 3.40. The Bertz CT molecular complexity index is 476. The molecular weight excluding hydrogens is 427 g/mol. The second-order valence-electron chi connectivity index (χ2n) is 7.19. The molecule has 6 heteroatoms. The van der Waals surface area contributed by atoms with E-state index in [2.05, 4.69) is 23.6 Å². The van der Waals surface area contributed by atoms with Crippen LogP contribution in [-0.4, -0.2) is 49.0 Å². The number of nitrogens with zero attached hydrogens (tertiary/aromatic N) is 2. The van der Waals surface area contributed by atoms with Gasteiger partial charge in [0.15, 0.2) is 5.96 Å². The summed E-state index contributed by atoms with van der Waals surface area (Å²) in [6.07, 6.45) is 9.60. The lowest BCUT2D eigenvalue weighted by Crippen LogP contribution is -2.45. The molecule has 25 heavy (non-hydrogen) atoms. The molecule has 1 amide bonds. The molecule has 1 aliphatic carbocycles. The van der Waals surface area contributed by atoms with E-state index in [0.29, 0.717) is 6.04 Å². The molecule has 5 nitrogen and oxygen atoms in total. The van der Waals surface area contributed by atoms with Gasteiger partial charge in [0.1, 0.15) is 0 Å². The standard InChI is InChI=1S/C19H34N4O.HI/c1-4-20-19(21-12-10-16-8-6-5-7-9-16)22-17-11-13-23(14-17)18(24)15(2)3;/h8,15,17H,4-7,9-14H2,1-3H3,(H2,20,21,22);1H. The van der Waals surface area contributed by atoms with E-state index >= 15 is 0 Å². The lowest BCUT2D eigenvalue weighted by molar-refractivity contribution is -0.133. The SMILES string of the molecule is CCNC(=NCCC1=CCCCC1)NC1CCN(C(=O)C(C)C)C1.I. The average molecular weight is 462 g/mol. The summed E-state index contributed by atoms with van der Waals surface area (Å²) in [5.74, 6) is 1.22. The molecule has 0 aromatic carbocycles. The molecule has 2 aliphatic rings. The van der Waals surface area contributed by atoms with Gasteiger partial charge >= 0.3 is 0 Å². The Balaban J connectivity index is 0.00000312. The molecule has 1 aliphatic heterocycles. The molecule has 1 saturated heterocycles. The second kappa shape index (κ2) is 11.8. The first-order valence-corrected chi connectivity index (χ1v) is 9.61. The van der Waals surface area contributed by atoms with Crippen molar-refractivity contribution in [1.29, 1.82) is 0 Å². The van der Waals surface area contributed by atoms with Crippen LogP contribution < -0.4 is 10.6 Å². The van der Waals surface area contributed by atoms with E-state index in [4.69, 9.17) is 4.99 Å². The lowest BCUT2D eigenvalue weighted by atomic mass is 9.97. The number of rotatable bonds is 6. The molecule has 0 bridgehead atoms. The predicted molar refractivity (Wildman–Crippen MR) is 116 cm³/mol. The highest BCUT2D eigenvalue weighted by atomic mass is 127. The highest BCUT2D eigenvalue weighted by Crippen LogP contribution is 2.19. The topological polar surface area (TPSA) is 56.7 Å². The van der Waals surface area contributed by atoms with Crippen molar-refractivity contribution >= 4 is 35.8 Å². The van der Waals surface area contributed by atoms with Gasteiger partial charge in [-0.25, -0.2) is 0 Å². The number of carbonyl (C=O) groups is 1. The Kier molecular flexibility index (Phi) is 10.5. The van der Waals surface area contributed by atoms with Crippen LogP contribution in [0.1, 0.15) is 59.3 Å². The van der Waals surface area contributed by atoms with Crippen molar-refractivity contribution in [2.75, 3.05) is 26.2 Å². The Morgan fingerprint density at radius 3 is 2.84 bits per heavy atom. The summed E-state index contributed by atoms with van der Waals surface area (Å²) >= 11 is 0. The van der Waals surface area contributed by atoms with Crippen LogP contribution in [0.4, 0.5) is 0 Å². The van der Waals surface area contributed by atoms with E-state index in [1.54, 1.807) is 5.57 Å². The molecule has 2 N–H and O–H groups in total. The van der Waals surface area contributed by atoms with E-state index in [-0.39, 0.29) is 35.8 Å². The molecule has 0 aromatic heterocycles. The quantitative estimate of drug-likeness (QED) is 0.276. The van der Waals surface area contributed by atoms with Gasteiger partial charge in [0.05, 0.1) is 0 Å². The number of guanidine groups is 1. The summed E-state index contributed by atoms with van der Waals surface area (Å²) in [6.45, 7) is 9.35. The fourth-order valence-electron chi connectivity index (χ4n) is 3.40. The molecule has 144 valence electrons. The zero-order valence-corrected chi connectivity index (χ0v) is 18.3. The molecule has 1 unspecified atom stereocenters. The number of aliphatic imine (C=N–C) groups is 1. The van der Waals surface area contributed by atoms with Crippen LogP contribution in [0.2, 0.25) is 0 Å². The molecule has 1 heterocycles. The molecule has 0 spiro atoms.